The van der Waals surface area contributed by atoms with Crippen molar-refractivity contribution < 1.29 is 35.8 Å². The standard InChI is InChI=1S/C8H5F6NO2/c9-5-4(16-7(10)11)2-1-3(15)6(5)17-8(12,13)14/h1-2,7H,15H2. The molecule has 0 amide bonds. The average molecular weight is 261 g/mol. The van der Waals surface area contributed by atoms with Crippen molar-refractivity contribution >= 4 is 5.69 Å². The second-order valence-electron chi connectivity index (χ2n) is 2.72. The van der Waals surface area contributed by atoms with E-state index in [0.29, 0.717) is 6.07 Å². The van der Waals surface area contributed by atoms with E-state index in [0.717, 1.165) is 6.07 Å². The fraction of sp³-hybridized carbons (Fsp3) is 0.250. The maximum Gasteiger partial charge on any atom is 0.573 e. The summed E-state index contributed by atoms with van der Waals surface area (Å²) in [7, 11) is 0. The van der Waals surface area contributed by atoms with Gasteiger partial charge in [0.15, 0.2) is 11.5 Å². The first-order chi connectivity index (χ1) is 7.70. The van der Waals surface area contributed by atoms with Crippen LogP contribution in [0.1, 0.15) is 0 Å². The zero-order chi connectivity index (χ0) is 13.2. The summed E-state index contributed by atoms with van der Waals surface area (Å²) in [5, 5.41) is 0. The molecule has 0 saturated heterocycles. The van der Waals surface area contributed by atoms with Gasteiger partial charge in [-0.3, -0.25) is 0 Å². The topological polar surface area (TPSA) is 44.5 Å². The van der Waals surface area contributed by atoms with Gasteiger partial charge in [0, 0.05) is 0 Å². The van der Waals surface area contributed by atoms with Crippen molar-refractivity contribution in [1.82, 2.24) is 0 Å². The Labute approximate surface area is 90.7 Å². The number of benzene rings is 1. The highest BCUT2D eigenvalue weighted by atomic mass is 19.4. The van der Waals surface area contributed by atoms with Crippen LogP contribution in [0.5, 0.6) is 11.5 Å². The lowest BCUT2D eigenvalue weighted by molar-refractivity contribution is -0.275. The number of nitrogens with two attached hydrogens (primary N) is 1. The molecule has 0 radical (unpaired) electrons. The van der Waals surface area contributed by atoms with Crippen LogP contribution in [0, 0.1) is 5.82 Å². The molecular formula is C8H5F6NO2. The molecule has 0 fully saturated rings. The normalized spacial score (nSPS) is 11.7. The van der Waals surface area contributed by atoms with Gasteiger partial charge in [-0.25, -0.2) is 0 Å². The van der Waals surface area contributed by atoms with E-state index in [1.54, 1.807) is 0 Å². The van der Waals surface area contributed by atoms with Gasteiger partial charge in [-0.15, -0.1) is 13.2 Å². The number of hydrogen-bond donors (Lipinski definition) is 1. The van der Waals surface area contributed by atoms with E-state index in [1.165, 1.54) is 0 Å². The van der Waals surface area contributed by atoms with Crippen LogP contribution >= 0.6 is 0 Å². The summed E-state index contributed by atoms with van der Waals surface area (Å²) in [6.45, 7) is -3.38. The zero-order valence-corrected chi connectivity index (χ0v) is 7.89. The first-order valence-electron chi connectivity index (χ1n) is 3.99. The van der Waals surface area contributed by atoms with Gasteiger partial charge < -0.3 is 15.2 Å². The van der Waals surface area contributed by atoms with Crippen LogP contribution in [0.3, 0.4) is 0 Å². The summed E-state index contributed by atoms with van der Waals surface area (Å²) in [5.41, 5.74) is 4.33. The Hall–Kier alpha value is -1.80. The second kappa shape index (κ2) is 4.60. The van der Waals surface area contributed by atoms with E-state index < -0.39 is 36.0 Å². The lowest BCUT2D eigenvalue weighted by Crippen LogP contribution is -2.19. The van der Waals surface area contributed by atoms with E-state index in [4.69, 9.17) is 5.73 Å². The van der Waals surface area contributed by atoms with Crippen molar-refractivity contribution in [2.45, 2.75) is 13.0 Å². The summed E-state index contributed by atoms with van der Waals surface area (Å²) in [6, 6.07) is 1.42. The van der Waals surface area contributed by atoms with Crippen LogP contribution < -0.4 is 15.2 Å². The highest BCUT2D eigenvalue weighted by molar-refractivity contribution is 5.56. The van der Waals surface area contributed by atoms with Gasteiger partial charge in [0.05, 0.1) is 5.69 Å². The monoisotopic (exact) mass is 261 g/mol. The summed E-state index contributed by atoms with van der Waals surface area (Å²) < 4.78 is 79.3. The Morgan fingerprint density at radius 1 is 1.18 bits per heavy atom. The minimum absolute atomic E-state index is 0.667. The fourth-order valence-electron chi connectivity index (χ4n) is 0.959. The molecule has 0 aliphatic heterocycles. The summed E-state index contributed by atoms with van der Waals surface area (Å²) in [6.07, 6.45) is -5.20. The van der Waals surface area contributed by atoms with Crippen molar-refractivity contribution in [2.24, 2.45) is 0 Å². The van der Waals surface area contributed by atoms with Gasteiger partial charge in [-0.05, 0) is 12.1 Å². The highest BCUT2D eigenvalue weighted by Gasteiger charge is 2.34. The van der Waals surface area contributed by atoms with Crippen molar-refractivity contribution in [3.8, 4) is 11.5 Å². The van der Waals surface area contributed by atoms with Gasteiger partial charge in [-0.1, -0.05) is 0 Å². The molecule has 0 atom stereocenters. The third-order valence-corrected chi connectivity index (χ3v) is 1.53. The predicted octanol–water partition coefficient (Wildman–Crippen LogP) is 2.91. The SMILES string of the molecule is Nc1ccc(OC(F)F)c(F)c1OC(F)(F)F. The van der Waals surface area contributed by atoms with Crippen molar-refractivity contribution in [3.63, 3.8) is 0 Å². The van der Waals surface area contributed by atoms with Crippen LogP contribution in [0.4, 0.5) is 32.0 Å². The van der Waals surface area contributed by atoms with Gasteiger partial charge in [-0.2, -0.15) is 13.2 Å². The molecule has 1 aromatic carbocycles. The van der Waals surface area contributed by atoms with E-state index in [9.17, 15) is 26.3 Å². The van der Waals surface area contributed by atoms with Crippen LogP contribution in [0.15, 0.2) is 12.1 Å². The fourth-order valence-corrected chi connectivity index (χ4v) is 0.959. The van der Waals surface area contributed by atoms with Crippen LogP contribution in [-0.4, -0.2) is 13.0 Å². The molecule has 1 rings (SSSR count). The zero-order valence-electron chi connectivity index (χ0n) is 7.89. The van der Waals surface area contributed by atoms with Crippen molar-refractivity contribution in [2.75, 3.05) is 5.73 Å². The third kappa shape index (κ3) is 3.61. The lowest BCUT2D eigenvalue weighted by atomic mass is 10.2. The Balaban J connectivity index is 3.11. The number of alkyl halides is 5. The van der Waals surface area contributed by atoms with Crippen LogP contribution in [0.2, 0.25) is 0 Å². The lowest BCUT2D eigenvalue weighted by Gasteiger charge is -2.14. The molecule has 0 heterocycles. The molecule has 96 valence electrons. The number of nitrogen functional groups attached to an aromatic ring is 1. The first kappa shape index (κ1) is 13.3. The van der Waals surface area contributed by atoms with Gasteiger partial charge in [0.2, 0.25) is 5.82 Å². The number of halogens is 6. The highest BCUT2D eigenvalue weighted by Crippen LogP contribution is 2.36. The van der Waals surface area contributed by atoms with Crippen molar-refractivity contribution in [1.29, 1.82) is 0 Å². The number of ether oxygens (including phenoxy) is 2. The molecule has 0 aromatic heterocycles. The summed E-state index contributed by atoms with van der Waals surface area (Å²) in [5.74, 6) is -4.24. The maximum atomic E-state index is 13.3. The quantitative estimate of drug-likeness (QED) is 0.672. The predicted molar refractivity (Wildman–Crippen MR) is 44.1 cm³/mol. The molecule has 0 aliphatic carbocycles. The minimum atomic E-state index is -5.20. The van der Waals surface area contributed by atoms with E-state index in [1.807, 2.05) is 0 Å². The van der Waals surface area contributed by atoms with E-state index in [2.05, 4.69) is 9.47 Å². The van der Waals surface area contributed by atoms with E-state index >= 15 is 0 Å². The Morgan fingerprint density at radius 3 is 2.24 bits per heavy atom. The van der Waals surface area contributed by atoms with Crippen LogP contribution in [0.25, 0.3) is 0 Å². The Morgan fingerprint density at radius 2 is 1.76 bits per heavy atom. The molecule has 9 heteroatoms. The summed E-state index contributed by atoms with van der Waals surface area (Å²) >= 11 is 0. The van der Waals surface area contributed by atoms with Crippen molar-refractivity contribution in [3.05, 3.63) is 17.9 Å². The van der Waals surface area contributed by atoms with Gasteiger partial charge >= 0.3 is 13.0 Å². The molecule has 1 aromatic rings. The summed E-state index contributed by atoms with van der Waals surface area (Å²) in [4.78, 5) is 0. The number of rotatable bonds is 3. The molecule has 17 heavy (non-hydrogen) atoms. The second-order valence-corrected chi connectivity index (χ2v) is 2.72. The smallest absolute Gasteiger partial charge is 0.432 e. The number of anilines is 1. The molecule has 0 spiro atoms. The van der Waals surface area contributed by atoms with Gasteiger partial charge in [0.1, 0.15) is 0 Å². The average Bonchev–Trinajstić information content (AvgIpc) is 2.15. The first-order valence-corrected chi connectivity index (χ1v) is 3.99. The molecule has 0 unspecified atom stereocenters. The Bertz CT molecular complexity index is 406. The third-order valence-electron chi connectivity index (χ3n) is 1.53. The minimum Gasteiger partial charge on any atom is -0.432 e. The van der Waals surface area contributed by atoms with Gasteiger partial charge in [0.25, 0.3) is 0 Å². The molecule has 2 N–H and O–H groups in total. The Kier molecular flexibility index (Phi) is 3.59. The molecule has 0 aliphatic rings. The maximum absolute atomic E-state index is 13.3. The molecule has 3 nitrogen and oxygen atoms in total. The molecule has 0 bridgehead atoms. The van der Waals surface area contributed by atoms with E-state index in [-0.39, 0.29) is 0 Å². The molecule has 0 saturated carbocycles. The largest absolute Gasteiger partial charge is 0.573 e. The number of hydrogen-bond acceptors (Lipinski definition) is 3. The molecular weight excluding hydrogens is 256 g/mol. The van der Waals surface area contributed by atoms with Crippen LogP contribution in [-0.2, 0) is 0 Å².